The second-order valence-electron chi connectivity index (χ2n) is 14.2. The standard InChI is InChI=1S/C45H20B8N4O/c46-33-31-32-34(47)36(49)38(51)40(53)42(32)57(41(31)39(52)37(50)35(33)48)26-16-18-28-27-17-15-25(19-29(27)58-30(28)20-26)45-55-43(23-9-5-2-6-10-23)54-44(56-45)24-13-11-22(12-14-24)21-7-3-1-4-8-21/h1-20H. The molecule has 0 spiro atoms. The normalized spacial score (nSPS) is 11.7. The lowest BCUT2D eigenvalue weighted by Crippen LogP contribution is -2.49. The molecule has 0 fully saturated rings. The van der Waals surface area contributed by atoms with Crippen LogP contribution in [0.15, 0.2) is 126 Å². The van der Waals surface area contributed by atoms with Gasteiger partial charge in [0.1, 0.15) is 73.9 Å². The van der Waals surface area contributed by atoms with Crippen molar-refractivity contribution in [1.82, 2.24) is 19.5 Å². The fourth-order valence-corrected chi connectivity index (χ4v) is 7.81. The maximum absolute atomic E-state index is 6.67. The van der Waals surface area contributed by atoms with Gasteiger partial charge in [-0.3, -0.25) is 0 Å². The Hall–Kier alpha value is -6.33. The smallest absolute Gasteiger partial charge is 0.164 e. The predicted molar refractivity (Wildman–Crippen MR) is 246 cm³/mol. The van der Waals surface area contributed by atoms with Crippen molar-refractivity contribution in [1.29, 1.82) is 0 Å². The van der Waals surface area contributed by atoms with Crippen molar-refractivity contribution in [3.8, 4) is 51.0 Å². The minimum absolute atomic E-state index is 0.128. The minimum atomic E-state index is 0.128. The number of hydrogen-bond acceptors (Lipinski definition) is 4. The highest BCUT2D eigenvalue weighted by atomic mass is 16.3. The van der Waals surface area contributed by atoms with E-state index >= 15 is 0 Å². The molecule has 3 heterocycles. The molecule has 16 radical (unpaired) electrons. The molecular formula is C45H20B8N4O. The molecule has 0 aliphatic heterocycles. The molecule has 13 heteroatoms. The van der Waals surface area contributed by atoms with Crippen molar-refractivity contribution in [2.45, 2.75) is 0 Å². The Labute approximate surface area is 345 Å². The van der Waals surface area contributed by atoms with Crippen LogP contribution < -0.4 is 43.7 Å². The van der Waals surface area contributed by atoms with E-state index in [1.165, 1.54) is 0 Å². The van der Waals surface area contributed by atoms with Gasteiger partial charge >= 0.3 is 0 Å². The summed E-state index contributed by atoms with van der Waals surface area (Å²) in [5.74, 6) is 1.60. The van der Waals surface area contributed by atoms with Gasteiger partial charge in [-0.05, 0) is 46.2 Å². The van der Waals surface area contributed by atoms with Crippen molar-refractivity contribution < 1.29 is 4.42 Å². The van der Waals surface area contributed by atoms with Gasteiger partial charge in [0.05, 0.1) is 0 Å². The Morgan fingerprint density at radius 1 is 0.362 bits per heavy atom. The summed E-state index contributed by atoms with van der Waals surface area (Å²) in [5, 5.41) is 2.69. The van der Waals surface area contributed by atoms with Gasteiger partial charge in [0.2, 0.25) is 0 Å². The molecule has 0 saturated carbocycles. The fourth-order valence-electron chi connectivity index (χ4n) is 7.81. The van der Waals surface area contributed by atoms with Crippen molar-refractivity contribution in [3.05, 3.63) is 121 Å². The summed E-state index contributed by atoms with van der Waals surface area (Å²) in [6.07, 6.45) is 0. The molecule has 0 amide bonds. The van der Waals surface area contributed by atoms with Gasteiger partial charge in [0, 0.05) is 50.2 Å². The molecule has 0 unspecified atom stereocenters. The Morgan fingerprint density at radius 3 is 1.31 bits per heavy atom. The molecule has 5 nitrogen and oxygen atoms in total. The summed E-state index contributed by atoms with van der Waals surface area (Å²) < 4.78 is 8.39. The highest BCUT2D eigenvalue weighted by Gasteiger charge is 2.23. The van der Waals surface area contributed by atoms with E-state index in [1.54, 1.807) is 0 Å². The largest absolute Gasteiger partial charge is 0.456 e. The summed E-state index contributed by atoms with van der Waals surface area (Å²) in [6, 6.07) is 40.0. The van der Waals surface area contributed by atoms with E-state index in [-0.39, 0.29) is 43.7 Å². The first-order chi connectivity index (χ1) is 28.1. The average Bonchev–Trinajstić information content (AvgIpc) is 3.82. The third kappa shape index (κ3) is 5.54. The lowest BCUT2D eigenvalue weighted by atomic mass is 9.63. The fraction of sp³-hybridized carbons (Fsp3) is 0. The van der Waals surface area contributed by atoms with E-state index in [2.05, 4.69) is 24.3 Å². The lowest BCUT2D eigenvalue weighted by Gasteiger charge is -2.17. The van der Waals surface area contributed by atoms with Crippen molar-refractivity contribution in [2.24, 2.45) is 0 Å². The molecule has 0 aliphatic rings. The average molecular weight is 719 g/mol. The number of rotatable bonds is 5. The molecule has 3 aromatic heterocycles. The molecule has 0 aliphatic carbocycles. The molecule has 7 aromatic carbocycles. The zero-order chi connectivity index (χ0) is 40.0. The van der Waals surface area contributed by atoms with E-state index in [0.29, 0.717) is 56.1 Å². The van der Waals surface area contributed by atoms with Crippen molar-refractivity contribution >= 4 is 150 Å². The predicted octanol–water partition coefficient (Wildman–Crippen LogP) is 1.89. The first kappa shape index (κ1) is 36.0. The molecule has 0 N–H and O–H groups in total. The first-order valence-corrected chi connectivity index (χ1v) is 18.3. The van der Waals surface area contributed by atoms with Crippen LogP contribution in [0, 0.1) is 0 Å². The number of furan rings is 1. The van der Waals surface area contributed by atoms with E-state index in [9.17, 15) is 0 Å². The number of nitrogens with zero attached hydrogens (tertiary/aromatic N) is 4. The van der Waals surface area contributed by atoms with E-state index < -0.39 is 0 Å². The number of aromatic nitrogens is 4. The van der Waals surface area contributed by atoms with Crippen LogP contribution in [0.3, 0.4) is 0 Å². The first-order valence-electron chi connectivity index (χ1n) is 18.3. The minimum Gasteiger partial charge on any atom is -0.456 e. The molecule has 10 rings (SSSR count). The Bertz CT molecular complexity index is 3240. The van der Waals surface area contributed by atoms with Gasteiger partial charge in [-0.25, -0.2) is 15.0 Å². The molecule has 0 bridgehead atoms. The number of fused-ring (bicyclic) bond motifs is 6. The van der Waals surface area contributed by atoms with Crippen molar-refractivity contribution in [3.63, 3.8) is 0 Å². The van der Waals surface area contributed by atoms with Crippen LogP contribution in [-0.4, -0.2) is 82.3 Å². The van der Waals surface area contributed by atoms with E-state index in [1.807, 2.05) is 102 Å². The third-order valence-corrected chi connectivity index (χ3v) is 10.9. The highest BCUT2D eigenvalue weighted by molar-refractivity contribution is 6.71. The number of hydrogen-bond donors (Lipinski definition) is 0. The zero-order valence-electron chi connectivity index (χ0n) is 30.9. The molecule has 58 heavy (non-hydrogen) atoms. The Kier molecular flexibility index (Phi) is 8.49. The molecule has 0 atom stereocenters. The van der Waals surface area contributed by atoms with Gasteiger partial charge in [-0.15, -0.1) is 21.9 Å². The van der Waals surface area contributed by atoms with E-state index in [0.717, 1.165) is 38.6 Å². The van der Waals surface area contributed by atoms with Crippen LogP contribution in [0.4, 0.5) is 0 Å². The highest BCUT2D eigenvalue weighted by Crippen LogP contribution is 2.35. The summed E-state index contributed by atoms with van der Waals surface area (Å²) >= 11 is 0. The topological polar surface area (TPSA) is 56.7 Å². The quantitative estimate of drug-likeness (QED) is 0.256. The summed E-state index contributed by atoms with van der Waals surface area (Å²) in [5.41, 5.74) is 8.76. The summed E-state index contributed by atoms with van der Waals surface area (Å²) in [6.45, 7) is 0. The van der Waals surface area contributed by atoms with Crippen LogP contribution in [0.1, 0.15) is 0 Å². The maximum Gasteiger partial charge on any atom is 0.164 e. The summed E-state index contributed by atoms with van der Waals surface area (Å²) in [4.78, 5) is 14.8. The van der Waals surface area contributed by atoms with Crippen LogP contribution in [0.2, 0.25) is 0 Å². The van der Waals surface area contributed by atoms with Crippen LogP contribution in [0.5, 0.6) is 0 Å². The Morgan fingerprint density at radius 2 is 0.759 bits per heavy atom. The SMILES string of the molecule is [B]c1c([B])c([B])c2c(c1[B])c1c([B])c([B])c([B])c([B])c1n2-c1ccc2c(c1)oc1cc(-c3nc(-c4ccccc4)nc(-c4ccc(-c5ccccc5)cc4)n3)ccc12. The second-order valence-corrected chi connectivity index (χ2v) is 14.2. The third-order valence-electron chi connectivity index (χ3n) is 10.9. The zero-order valence-corrected chi connectivity index (χ0v) is 30.9. The monoisotopic (exact) mass is 720 g/mol. The van der Waals surface area contributed by atoms with Crippen molar-refractivity contribution in [2.75, 3.05) is 0 Å². The van der Waals surface area contributed by atoms with Crippen LogP contribution >= 0.6 is 0 Å². The molecule has 250 valence electrons. The van der Waals surface area contributed by atoms with Gasteiger partial charge < -0.3 is 8.98 Å². The van der Waals surface area contributed by atoms with Gasteiger partial charge in [-0.1, -0.05) is 113 Å². The Balaban J connectivity index is 1.13. The van der Waals surface area contributed by atoms with Gasteiger partial charge in [0.25, 0.3) is 0 Å². The van der Waals surface area contributed by atoms with Gasteiger partial charge in [0.15, 0.2) is 17.5 Å². The van der Waals surface area contributed by atoms with Crippen LogP contribution in [0.25, 0.3) is 94.7 Å². The van der Waals surface area contributed by atoms with E-state index in [4.69, 9.17) is 82.1 Å². The maximum atomic E-state index is 6.67. The molecular weight excluding hydrogens is 699 g/mol. The van der Waals surface area contributed by atoms with Gasteiger partial charge in [-0.2, -0.15) is 0 Å². The van der Waals surface area contributed by atoms with Crippen LogP contribution in [-0.2, 0) is 0 Å². The second kappa shape index (κ2) is 13.7. The molecule has 0 saturated heterocycles. The molecule has 10 aromatic rings. The summed E-state index contributed by atoms with van der Waals surface area (Å²) in [7, 11) is 51.9. The lowest BCUT2D eigenvalue weighted by molar-refractivity contribution is 0.668. The number of benzene rings is 7.